The maximum absolute atomic E-state index is 10.5. The fourth-order valence-electron chi connectivity index (χ4n) is 1.68. The lowest BCUT2D eigenvalue weighted by Crippen LogP contribution is -2.40. The minimum Gasteiger partial charge on any atom is -0.388 e. The Balaban J connectivity index is 2.12. The van der Waals surface area contributed by atoms with Crippen LogP contribution in [0.25, 0.3) is 0 Å². The van der Waals surface area contributed by atoms with Crippen molar-refractivity contribution in [2.75, 3.05) is 25.2 Å². The van der Waals surface area contributed by atoms with Crippen molar-refractivity contribution in [3.8, 4) is 0 Å². The van der Waals surface area contributed by atoms with Gasteiger partial charge in [0.25, 0.3) is 0 Å². The molecule has 0 amide bonds. The Kier molecular flexibility index (Phi) is 3.04. The Labute approximate surface area is 92.1 Å². The van der Waals surface area contributed by atoms with Gasteiger partial charge in [0, 0.05) is 18.1 Å². The first-order chi connectivity index (χ1) is 7.22. The normalized spacial score (nSPS) is 25.5. The van der Waals surface area contributed by atoms with E-state index in [2.05, 4.69) is 0 Å². The first-order valence-corrected chi connectivity index (χ1v) is 5.62. The molecular weight excluding hydrogens is 214 g/mol. The number of ether oxygens (including phenoxy) is 1. The van der Waals surface area contributed by atoms with Crippen molar-refractivity contribution >= 4 is 23.3 Å². The van der Waals surface area contributed by atoms with Crippen LogP contribution in [0.5, 0.6) is 0 Å². The zero-order valence-electron chi connectivity index (χ0n) is 8.42. The molecule has 0 aliphatic carbocycles. The second-order valence-electron chi connectivity index (χ2n) is 3.61. The van der Waals surface area contributed by atoms with E-state index in [4.69, 9.17) is 4.74 Å². The summed E-state index contributed by atoms with van der Waals surface area (Å²) in [5, 5.41) is 11.6. The largest absolute Gasteiger partial charge is 0.388 e. The third-order valence-corrected chi connectivity index (χ3v) is 3.49. The second-order valence-corrected chi connectivity index (χ2v) is 4.55. The number of aldehydes is 1. The summed E-state index contributed by atoms with van der Waals surface area (Å²) in [5.74, 6) is 0. The number of aliphatic hydroxyl groups excluding tert-OH is 1. The van der Waals surface area contributed by atoms with Gasteiger partial charge in [0.05, 0.1) is 30.2 Å². The van der Waals surface area contributed by atoms with Crippen LogP contribution in [0.2, 0.25) is 0 Å². The number of anilines is 1. The molecule has 0 saturated carbocycles. The average molecular weight is 227 g/mol. The van der Waals surface area contributed by atoms with Gasteiger partial charge in [-0.25, -0.2) is 0 Å². The molecule has 2 atom stereocenters. The van der Waals surface area contributed by atoms with E-state index in [1.165, 1.54) is 11.3 Å². The molecule has 1 fully saturated rings. The lowest BCUT2D eigenvalue weighted by molar-refractivity contribution is 0.112. The van der Waals surface area contributed by atoms with E-state index >= 15 is 0 Å². The number of nitrogens with zero attached hydrogens (tertiary/aromatic N) is 1. The zero-order valence-corrected chi connectivity index (χ0v) is 9.24. The molecule has 2 heterocycles. The van der Waals surface area contributed by atoms with Gasteiger partial charge in [0.1, 0.15) is 0 Å². The highest BCUT2D eigenvalue weighted by Gasteiger charge is 2.30. The molecule has 1 aromatic heterocycles. The van der Waals surface area contributed by atoms with E-state index in [0.29, 0.717) is 18.1 Å². The summed E-state index contributed by atoms with van der Waals surface area (Å²) in [5.41, 5.74) is 0.955. The van der Waals surface area contributed by atoms with E-state index in [0.717, 1.165) is 12.0 Å². The van der Waals surface area contributed by atoms with Crippen molar-refractivity contribution in [2.24, 2.45) is 0 Å². The number of carbonyl (C=O) groups excluding carboxylic acids is 1. The first-order valence-electron chi connectivity index (χ1n) is 4.74. The fraction of sp³-hybridized carbons (Fsp3) is 0.500. The van der Waals surface area contributed by atoms with Crippen molar-refractivity contribution in [1.82, 2.24) is 0 Å². The molecule has 1 N–H and O–H groups in total. The van der Waals surface area contributed by atoms with Gasteiger partial charge in [-0.3, -0.25) is 4.79 Å². The molecule has 0 aromatic carbocycles. The van der Waals surface area contributed by atoms with Crippen LogP contribution >= 0.6 is 11.3 Å². The van der Waals surface area contributed by atoms with Gasteiger partial charge in [0.15, 0.2) is 6.29 Å². The number of carbonyl (C=O) groups is 1. The van der Waals surface area contributed by atoms with Crippen molar-refractivity contribution in [2.45, 2.75) is 12.1 Å². The van der Waals surface area contributed by atoms with Crippen molar-refractivity contribution in [3.05, 3.63) is 16.3 Å². The van der Waals surface area contributed by atoms with E-state index in [1.807, 2.05) is 23.4 Å². The van der Waals surface area contributed by atoms with Crippen LogP contribution in [0.1, 0.15) is 9.67 Å². The number of hydrogen-bond acceptors (Lipinski definition) is 5. The second kappa shape index (κ2) is 4.30. The van der Waals surface area contributed by atoms with Crippen molar-refractivity contribution in [1.29, 1.82) is 0 Å². The van der Waals surface area contributed by atoms with Crippen LogP contribution in [0.3, 0.4) is 0 Å². The Hall–Kier alpha value is -0.910. The smallest absolute Gasteiger partial charge is 0.160 e. The summed E-state index contributed by atoms with van der Waals surface area (Å²) in [7, 11) is 1.90. The molecule has 15 heavy (non-hydrogen) atoms. The van der Waals surface area contributed by atoms with E-state index in [1.54, 1.807) is 0 Å². The zero-order chi connectivity index (χ0) is 10.8. The predicted octanol–water partition coefficient (Wildman–Crippen LogP) is 0.756. The lowest BCUT2D eigenvalue weighted by Gasteiger charge is -2.26. The minimum atomic E-state index is -0.449. The summed E-state index contributed by atoms with van der Waals surface area (Å²) in [6.45, 7) is 0.920. The van der Waals surface area contributed by atoms with Crippen LogP contribution in [0.15, 0.2) is 11.4 Å². The molecule has 1 aliphatic rings. The third-order valence-electron chi connectivity index (χ3n) is 2.65. The highest BCUT2D eigenvalue weighted by atomic mass is 32.1. The Morgan fingerprint density at radius 3 is 3.00 bits per heavy atom. The minimum absolute atomic E-state index is 0.0147. The number of hydrogen-bond donors (Lipinski definition) is 1. The molecule has 4 nitrogen and oxygen atoms in total. The SMILES string of the molecule is CN(c1csc(C=O)c1)C1COCC1O. The van der Waals surface area contributed by atoms with Crippen LogP contribution in [0, 0.1) is 0 Å². The van der Waals surface area contributed by atoms with Gasteiger partial charge in [-0.1, -0.05) is 0 Å². The highest BCUT2D eigenvalue weighted by molar-refractivity contribution is 7.12. The van der Waals surface area contributed by atoms with Crippen molar-refractivity contribution < 1.29 is 14.6 Å². The van der Waals surface area contributed by atoms with Gasteiger partial charge >= 0.3 is 0 Å². The topological polar surface area (TPSA) is 49.8 Å². The van der Waals surface area contributed by atoms with Gasteiger partial charge in [-0.05, 0) is 6.07 Å². The van der Waals surface area contributed by atoms with Crippen molar-refractivity contribution in [3.63, 3.8) is 0 Å². The van der Waals surface area contributed by atoms with Crippen LogP contribution in [-0.4, -0.2) is 43.8 Å². The molecule has 0 radical (unpaired) electrons. The summed E-state index contributed by atoms with van der Waals surface area (Å²) < 4.78 is 5.19. The van der Waals surface area contributed by atoms with Gasteiger partial charge in [-0.2, -0.15) is 0 Å². The number of thiophene rings is 1. The average Bonchev–Trinajstić information content (AvgIpc) is 2.84. The Morgan fingerprint density at radius 2 is 2.47 bits per heavy atom. The first kappa shape index (κ1) is 10.6. The number of aliphatic hydroxyl groups is 1. The summed E-state index contributed by atoms with van der Waals surface area (Å²) >= 11 is 1.41. The van der Waals surface area contributed by atoms with Crippen LogP contribution in [0.4, 0.5) is 5.69 Å². The maximum Gasteiger partial charge on any atom is 0.160 e. The highest BCUT2D eigenvalue weighted by Crippen LogP contribution is 2.25. The van der Waals surface area contributed by atoms with E-state index < -0.39 is 6.10 Å². The molecule has 2 unspecified atom stereocenters. The molecule has 1 aliphatic heterocycles. The maximum atomic E-state index is 10.5. The quantitative estimate of drug-likeness (QED) is 0.774. The van der Waals surface area contributed by atoms with Gasteiger partial charge < -0.3 is 14.7 Å². The number of likely N-dealkylation sites (N-methyl/N-ethyl adjacent to an activating group) is 1. The van der Waals surface area contributed by atoms with Crippen LogP contribution in [-0.2, 0) is 4.74 Å². The molecule has 2 rings (SSSR count). The van der Waals surface area contributed by atoms with Gasteiger partial charge in [-0.15, -0.1) is 11.3 Å². The molecular formula is C10H13NO3S. The third kappa shape index (κ3) is 2.04. The van der Waals surface area contributed by atoms with Crippen LogP contribution < -0.4 is 4.90 Å². The summed E-state index contributed by atoms with van der Waals surface area (Å²) in [4.78, 5) is 13.2. The fourth-order valence-corrected chi connectivity index (χ4v) is 2.42. The summed E-state index contributed by atoms with van der Waals surface area (Å²) in [6.07, 6.45) is 0.387. The monoisotopic (exact) mass is 227 g/mol. The molecule has 1 saturated heterocycles. The summed E-state index contributed by atoms with van der Waals surface area (Å²) in [6, 6.07) is 1.81. The lowest BCUT2D eigenvalue weighted by atomic mass is 10.2. The predicted molar refractivity (Wildman–Crippen MR) is 58.7 cm³/mol. The van der Waals surface area contributed by atoms with E-state index in [9.17, 15) is 9.90 Å². The van der Waals surface area contributed by atoms with Gasteiger partial charge in [0.2, 0.25) is 0 Å². The molecule has 0 bridgehead atoms. The number of rotatable bonds is 3. The standard InChI is InChI=1S/C10H13NO3S/c1-11(9-4-14-5-10(9)13)7-2-8(3-12)15-6-7/h2-3,6,9-10,13H,4-5H2,1H3. The molecule has 82 valence electrons. The molecule has 1 aromatic rings. The molecule has 0 spiro atoms. The Morgan fingerprint density at radius 1 is 1.67 bits per heavy atom. The van der Waals surface area contributed by atoms with E-state index in [-0.39, 0.29) is 6.04 Å². The Bertz CT molecular complexity index is 352. The molecule has 5 heteroatoms.